The molecule has 1 aromatic carbocycles. The number of aliphatic hydroxyl groups excluding tert-OH is 1. The normalized spacial score (nSPS) is 41.4. The first-order valence-electron chi connectivity index (χ1n) is 7.72. The number of piperidine rings is 1. The van der Waals surface area contributed by atoms with Crippen LogP contribution in [0.5, 0.6) is 11.5 Å². The number of aliphatic hydroxyl groups is 1. The molecule has 1 fully saturated rings. The van der Waals surface area contributed by atoms with E-state index in [4.69, 9.17) is 9.47 Å². The smallest absolute Gasteiger partial charge is 0.138 e. The SMILES string of the molecule is COc1cc2c3c(c1)OC1C(O)C=CC4C(C2)NCCC341. The molecule has 5 unspecified atom stereocenters. The summed E-state index contributed by atoms with van der Waals surface area (Å²) in [6, 6.07) is 4.56. The van der Waals surface area contributed by atoms with Crippen molar-refractivity contribution in [3.63, 3.8) is 0 Å². The summed E-state index contributed by atoms with van der Waals surface area (Å²) in [5.74, 6) is 2.18. The number of hydrogen-bond acceptors (Lipinski definition) is 4. The summed E-state index contributed by atoms with van der Waals surface area (Å²) in [6.07, 6.45) is 5.47. The minimum Gasteiger partial charge on any atom is -0.497 e. The number of rotatable bonds is 1. The zero-order valence-corrected chi connectivity index (χ0v) is 12.0. The lowest BCUT2D eigenvalue weighted by molar-refractivity contribution is -0.0173. The molecule has 4 heteroatoms. The van der Waals surface area contributed by atoms with Crippen molar-refractivity contribution in [2.45, 2.75) is 36.5 Å². The zero-order valence-electron chi connectivity index (χ0n) is 12.0. The summed E-state index contributed by atoms with van der Waals surface area (Å²) in [7, 11) is 1.69. The Morgan fingerprint density at radius 1 is 1.38 bits per heavy atom. The van der Waals surface area contributed by atoms with Crippen LogP contribution in [0.15, 0.2) is 24.3 Å². The average molecular weight is 285 g/mol. The maximum absolute atomic E-state index is 10.5. The molecule has 0 aromatic heterocycles. The van der Waals surface area contributed by atoms with E-state index in [0.717, 1.165) is 30.9 Å². The van der Waals surface area contributed by atoms with Crippen LogP contribution in [0.2, 0.25) is 0 Å². The van der Waals surface area contributed by atoms with Crippen molar-refractivity contribution in [2.75, 3.05) is 13.7 Å². The lowest BCUT2D eigenvalue weighted by Gasteiger charge is -2.53. The Bertz CT molecular complexity index is 656. The fraction of sp³-hybridized carbons (Fsp3) is 0.529. The van der Waals surface area contributed by atoms with Gasteiger partial charge in [-0.25, -0.2) is 0 Å². The van der Waals surface area contributed by atoms with Crippen LogP contribution in [0.3, 0.4) is 0 Å². The first-order valence-corrected chi connectivity index (χ1v) is 7.72. The van der Waals surface area contributed by atoms with Gasteiger partial charge in [0.2, 0.25) is 0 Å². The summed E-state index contributed by atoms with van der Waals surface area (Å²) in [5.41, 5.74) is 2.60. The highest BCUT2D eigenvalue weighted by molar-refractivity contribution is 5.59. The molecule has 4 aliphatic rings. The molecule has 5 rings (SSSR count). The molecular weight excluding hydrogens is 266 g/mol. The predicted molar refractivity (Wildman–Crippen MR) is 77.8 cm³/mol. The van der Waals surface area contributed by atoms with E-state index in [2.05, 4.69) is 17.5 Å². The van der Waals surface area contributed by atoms with Gasteiger partial charge in [0.25, 0.3) is 0 Å². The van der Waals surface area contributed by atoms with Crippen molar-refractivity contribution in [3.8, 4) is 11.5 Å². The van der Waals surface area contributed by atoms with Crippen LogP contribution in [-0.4, -0.2) is 37.0 Å². The van der Waals surface area contributed by atoms with E-state index in [-0.39, 0.29) is 11.5 Å². The summed E-state index contributed by atoms with van der Waals surface area (Å²) >= 11 is 0. The Labute approximate surface area is 123 Å². The average Bonchev–Trinajstić information content (AvgIpc) is 2.81. The third-order valence-corrected chi connectivity index (χ3v) is 5.86. The maximum atomic E-state index is 10.5. The third kappa shape index (κ3) is 1.29. The Morgan fingerprint density at radius 2 is 2.29 bits per heavy atom. The second-order valence-electron chi connectivity index (χ2n) is 6.65. The van der Waals surface area contributed by atoms with Crippen LogP contribution in [-0.2, 0) is 11.8 Å². The number of hydrogen-bond donors (Lipinski definition) is 2. The van der Waals surface area contributed by atoms with Gasteiger partial charge in [-0.3, -0.25) is 0 Å². The van der Waals surface area contributed by atoms with Crippen molar-refractivity contribution in [3.05, 3.63) is 35.4 Å². The summed E-state index contributed by atoms with van der Waals surface area (Å²) in [4.78, 5) is 0. The number of nitrogens with one attached hydrogen (secondary N) is 1. The maximum Gasteiger partial charge on any atom is 0.138 e. The molecule has 2 aliphatic heterocycles. The topological polar surface area (TPSA) is 50.7 Å². The van der Waals surface area contributed by atoms with Gasteiger partial charge in [0.1, 0.15) is 23.7 Å². The molecule has 5 atom stereocenters. The molecule has 110 valence electrons. The number of ether oxygens (including phenoxy) is 2. The molecule has 2 N–H and O–H groups in total. The van der Waals surface area contributed by atoms with E-state index in [1.807, 2.05) is 12.1 Å². The molecule has 21 heavy (non-hydrogen) atoms. The Balaban J connectivity index is 1.81. The van der Waals surface area contributed by atoms with Crippen LogP contribution in [0.4, 0.5) is 0 Å². The van der Waals surface area contributed by atoms with Crippen molar-refractivity contribution >= 4 is 0 Å². The molecule has 2 bridgehead atoms. The Morgan fingerprint density at radius 3 is 3.14 bits per heavy atom. The third-order valence-electron chi connectivity index (χ3n) is 5.86. The number of benzene rings is 1. The van der Waals surface area contributed by atoms with Gasteiger partial charge in [0, 0.05) is 29.0 Å². The first kappa shape index (κ1) is 12.1. The molecule has 4 nitrogen and oxygen atoms in total. The van der Waals surface area contributed by atoms with Gasteiger partial charge in [-0.1, -0.05) is 12.2 Å². The second kappa shape index (κ2) is 3.81. The van der Waals surface area contributed by atoms with Crippen LogP contribution in [0.1, 0.15) is 17.5 Å². The Hall–Kier alpha value is -1.52. The van der Waals surface area contributed by atoms with E-state index in [1.165, 1.54) is 11.1 Å². The fourth-order valence-electron chi connectivity index (χ4n) is 5.12. The molecule has 0 radical (unpaired) electrons. The van der Waals surface area contributed by atoms with E-state index >= 15 is 0 Å². The fourth-order valence-corrected chi connectivity index (χ4v) is 5.12. The van der Waals surface area contributed by atoms with Gasteiger partial charge in [0.15, 0.2) is 0 Å². The quantitative estimate of drug-likeness (QED) is 0.760. The van der Waals surface area contributed by atoms with Gasteiger partial charge in [0.05, 0.1) is 7.11 Å². The Kier molecular flexibility index (Phi) is 2.19. The van der Waals surface area contributed by atoms with Gasteiger partial charge in [-0.15, -0.1) is 0 Å². The van der Waals surface area contributed by atoms with E-state index in [9.17, 15) is 5.11 Å². The molecule has 1 saturated heterocycles. The van der Waals surface area contributed by atoms with Gasteiger partial charge in [-0.05, 0) is 31.0 Å². The second-order valence-corrected chi connectivity index (χ2v) is 6.65. The van der Waals surface area contributed by atoms with Crippen LogP contribution in [0, 0.1) is 5.92 Å². The molecule has 2 aliphatic carbocycles. The highest BCUT2D eigenvalue weighted by atomic mass is 16.5. The van der Waals surface area contributed by atoms with E-state index in [1.54, 1.807) is 7.11 Å². The molecule has 0 amide bonds. The predicted octanol–water partition coefficient (Wildman–Crippen LogP) is 1.16. The van der Waals surface area contributed by atoms with Crippen molar-refractivity contribution < 1.29 is 14.6 Å². The summed E-state index contributed by atoms with van der Waals surface area (Å²) in [6.45, 7) is 0.993. The van der Waals surface area contributed by atoms with Gasteiger partial charge >= 0.3 is 0 Å². The lowest BCUT2D eigenvalue weighted by atomic mass is 9.54. The van der Waals surface area contributed by atoms with Crippen LogP contribution in [0.25, 0.3) is 0 Å². The first-order chi connectivity index (χ1) is 10.2. The lowest BCUT2D eigenvalue weighted by Crippen LogP contribution is -2.64. The van der Waals surface area contributed by atoms with E-state index < -0.39 is 6.10 Å². The van der Waals surface area contributed by atoms with Gasteiger partial charge in [-0.2, -0.15) is 0 Å². The molecular formula is C17H19NO3. The summed E-state index contributed by atoms with van der Waals surface area (Å²) in [5, 5.41) is 14.1. The molecule has 0 saturated carbocycles. The molecule has 2 heterocycles. The molecule has 1 aromatic rings. The summed E-state index contributed by atoms with van der Waals surface area (Å²) < 4.78 is 11.6. The van der Waals surface area contributed by atoms with Crippen molar-refractivity contribution in [1.82, 2.24) is 5.32 Å². The van der Waals surface area contributed by atoms with Crippen LogP contribution < -0.4 is 14.8 Å². The zero-order chi connectivity index (χ0) is 14.2. The minimum absolute atomic E-state index is 0.0563. The van der Waals surface area contributed by atoms with Crippen LogP contribution >= 0.6 is 0 Å². The largest absolute Gasteiger partial charge is 0.497 e. The van der Waals surface area contributed by atoms with E-state index in [0.29, 0.717) is 12.0 Å². The van der Waals surface area contributed by atoms with Crippen molar-refractivity contribution in [2.24, 2.45) is 5.92 Å². The molecule has 1 spiro atoms. The van der Waals surface area contributed by atoms with Gasteiger partial charge < -0.3 is 19.9 Å². The standard InChI is InChI=1S/C17H19NO3/c1-20-10-6-9-7-12-11-2-3-13(19)16-17(11,4-5-18-12)15(9)14(8-10)21-16/h2-3,6,8,11-13,16,18-19H,4-5,7H2,1H3. The van der Waals surface area contributed by atoms with Crippen molar-refractivity contribution in [1.29, 1.82) is 0 Å². The highest BCUT2D eigenvalue weighted by Gasteiger charge is 2.62. The monoisotopic (exact) mass is 285 g/mol. The number of methoxy groups -OCH3 is 1. The minimum atomic E-state index is -0.524. The highest BCUT2D eigenvalue weighted by Crippen LogP contribution is 2.60.